The monoisotopic (exact) mass is 453 g/mol. The third kappa shape index (κ3) is 5.16. The molecule has 3 amide bonds. The maximum Gasteiger partial charge on any atom is 0.418 e. The number of benzene rings is 3. The Kier molecular flexibility index (Phi) is 6.35. The lowest BCUT2D eigenvalue weighted by atomic mass is 10.0. The van der Waals surface area contributed by atoms with Crippen molar-refractivity contribution in [1.82, 2.24) is 5.32 Å². The molecule has 1 atom stereocenters. The van der Waals surface area contributed by atoms with Crippen LogP contribution in [0.3, 0.4) is 0 Å². The molecule has 5 nitrogen and oxygen atoms in total. The molecule has 0 unspecified atom stereocenters. The lowest BCUT2D eigenvalue weighted by Gasteiger charge is -2.25. The number of carbonyl (C=O) groups excluding carboxylic acids is 2. The van der Waals surface area contributed by atoms with Gasteiger partial charge in [-0.3, -0.25) is 4.79 Å². The average Bonchev–Trinajstić information content (AvgIpc) is 3.23. The van der Waals surface area contributed by atoms with Crippen LogP contribution in [0.2, 0.25) is 0 Å². The standard InChI is InChI=1S/C25H22F3N3O2/c26-25(27,28)19-11-5-6-12-20(19)29-24(33)30-21(16-17-8-2-1-3-9-17)23(32)31-15-14-18-10-4-7-13-22(18)31/h1-13,21H,14-16H2,(H2,29,30,33)/t21-/m0/s1. The van der Waals surface area contributed by atoms with Crippen molar-refractivity contribution < 1.29 is 22.8 Å². The van der Waals surface area contributed by atoms with E-state index in [9.17, 15) is 22.8 Å². The van der Waals surface area contributed by atoms with Crippen LogP contribution < -0.4 is 15.5 Å². The van der Waals surface area contributed by atoms with E-state index in [-0.39, 0.29) is 18.0 Å². The van der Waals surface area contributed by atoms with Gasteiger partial charge in [0.25, 0.3) is 0 Å². The van der Waals surface area contributed by atoms with Crippen LogP contribution in [0.15, 0.2) is 78.9 Å². The summed E-state index contributed by atoms with van der Waals surface area (Å²) < 4.78 is 39.9. The number of para-hydroxylation sites is 2. The van der Waals surface area contributed by atoms with Crippen LogP contribution in [0.5, 0.6) is 0 Å². The molecule has 0 saturated carbocycles. The van der Waals surface area contributed by atoms with E-state index in [1.165, 1.54) is 18.2 Å². The molecule has 1 heterocycles. The van der Waals surface area contributed by atoms with Gasteiger partial charge in [0.05, 0.1) is 11.3 Å². The van der Waals surface area contributed by atoms with Crippen LogP contribution in [0.1, 0.15) is 16.7 Å². The predicted molar refractivity (Wildman–Crippen MR) is 120 cm³/mol. The minimum atomic E-state index is -4.62. The van der Waals surface area contributed by atoms with Gasteiger partial charge in [0.2, 0.25) is 5.91 Å². The molecule has 1 aliphatic rings. The molecule has 1 aliphatic heterocycles. The van der Waals surface area contributed by atoms with Gasteiger partial charge in [-0.2, -0.15) is 13.2 Å². The van der Waals surface area contributed by atoms with Crippen LogP contribution in [-0.2, 0) is 23.8 Å². The van der Waals surface area contributed by atoms with Crippen LogP contribution in [0, 0.1) is 0 Å². The summed E-state index contributed by atoms with van der Waals surface area (Å²) in [5.41, 5.74) is 1.30. The smallest absolute Gasteiger partial charge is 0.326 e. The third-order valence-electron chi connectivity index (χ3n) is 5.52. The zero-order chi connectivity index (χ0) is 23.4. The van der Waals surface area contributed by atoms with Crippen molar-refractivity contribution in [2.45, 2.75) is 25.1 Å². The number of alkyl halides is 3. The van der Waals surface area contributed by atoms with Gasteiger partial charge in [-0.25, -0.2) is 4.79 Å². The van der Waals surface area contributed by atoms with Crippen molar-refractivity contribution >= 4 is 23.3 Å². The maximum absolute atomic E-state index is 13.4. The summed E-state index contributed by atoms with van der Waals surface area (Å²) in [4.78, 5) is 27.7. The summed E-state index contributed by atoms with van der Waals surface area (Å²) >= 11 is 0. The van der Waals surface area contributed by atoms with Gasteiger partial charge in [0, 0.05) is 18.7 Å². The minimum absolute atomic E-state index is 0.201. The van der Waals surface area contributed by atoms with E-state index in [2.05, 4.69) is 10.6 Å². The number of hydrogen-bond acceptors (Lipinski definition) is 2. The van der Waals surface area contributed by atoms with E-state index in [0.717, 1.165) is 22.9 Å². The van der Waals surface area contributed by atoms with Gasteiger partial charge in [-0.15, -0.1) is 0 Å². The number of anilines is 2. The number of rotatable bonds is 5. The minimum Gasteiger partial charge on any atom is -0.326 e. The Bertz CT molecular complexity index is 1150. The van der Waals surface area contributed by atoms with Crippen molar-refractivity contribution in [2.75, 3.05) is 16.8 Å². The first-order valence-corrected chi connectivity index (χ1v) is 10.5. The topological polar surface area (TPSA) is 61.4 Å². The molecular formula is C25H22F3N3O2. The Hall–Kier alpha value is -3.81. The molecule has 170 valence electrons. The largest absolute Gasteiger partial charge is 0.418 e. The van der Waals surface area contributed by atoms with Crippen LogP contribution in [0.4, 0.5) is 29.3 Å². The predicted octanol–water partition coefficient (Wildman–Crippen LogP) is 5.03. The van der Waals surface area contributed by atoms with E-state index in [1.807, 2.05) is 54.6 Å². The zero-order valence-corrected chi connectivity index (χ0v) is 17.6. The molecule has 3 aromatic carbocycles. The van der Waals surface area contributed by atoms with Gasteiger partial charge < -0.3 is 15.5 Å². The molecule has 0 saturated heterocycles. The number of nitrogens with zero attached hydrogens (tertiary/aromatic N) is 1. The second kappa shape index (κ2) is 9.36. The second-order valence-electron chi connectivity index (χ2n) is 7.75. The molecule has 0 aromatic heterocycles. The lowest BCUT2D eigenvalue weighted by Crippen LogP contribution is -2.50. The van der Waals surface area contributed by atoms with Crippen molar-refractivity contribution in [1.29, 1.82) is 0 Å². The zero-order valence-electron chi connectivity index (χ0n) is 17.6. The van der Waals surface area contributed by atoms with Gasteiger partial charge in [-0.05, 0) is 35.7 Å². The van der Waals surface area contributed by atoms with Gasteiger partial charge in [0.15, 0.2) is 0 Å². The Morgan fingerprint density at radius 3 is 2.33 bits per heavy atom. The fraction of sp³-hybridized carbons (Fsp3) is 0.200. The summed E-state index contributed by atoms with van der Waals surface area (Å²) in [5, 5.41) is 4.85. The molecule has 0 fully saturated rings. The fourth-order valence-electron chi connectivity index (χ4n) is 3.96. The van der Waals surface area contributed by atoms with Crippen molar-refractivity contribution in [2.24, 2.45) is 0 Å². The van der Waals surface area contributed by atoms with Crippen molar-refractivity contribution in [3.8, 4) is 0 Å². The molecule has 2 N–H and O–H groups in total. The molecule has 8 heteroatoms. The number of hydrogen-bond donors (Lipinski definition) is 2. The van der Waals surface area contributed by atoms with Crippen LogP contribution in [0.25, 0.3) is 0 Å². The highest BCUT2D eigenvalue weighted by Gasteiger charge is 2.35. The maximum atomic E-state index is 13.4. The quantitative estimate of drug-likeness (QED) is 0.570. The average molecular weight is 453 g/mol. The number of fused-ring (bicyclic) bond motifs is 1. The highest BCUT2D eigenvalue weighted by molar-refractivity contribution is 6.02. The number of amides is 3. The molecule has 3 aromatic rings. The number of carbonyl (C=O) groups is 2. The summed E-state index contributed by atoms with van der Waals surface area (Å²) in [6.07, 6.45) is -3.72. The van der Waals surface area contributed by atoms with Crippen molar-refractivity contribution in [3.05, 3.63) is 95.6 Å². The third-order valence-corrected chi connectivity index (χ3v) is 5.52. The molecular weight excluding hydrogens is 431 g/mol. The summed E-state index contributed by atoms with van der Waals surface area (Å²) in [7, 11) is 0. The normalized spacial score (nSPS) is 13.8. The van der Waals surface area contributed by atoms with Gasteiger partial charge in [-0.1, -0.05) is 60.7 Å². The Morgan fingerprint density at radius 1 is 0.909 bits per heavy atom. The number of urea groups is 1. The molecule has 0 bridgehead atoms. The van der Waals surface area contributed by atoms with Gasteiger partial charge >= 0.3 is 12.2 Å². The molecule has 4 rings (SSSR count). The highest BCUT2D eigenvalue weighted by Crippen LogP contribution is 2.34. The Morgan fingerprint density at radius 2 is 1.58 bits per heavy atom. The molecule has 0 radical (unpaired) electrons. The number of nitrogens with one attached hydrogen (secondary N) is 2. The molecule has 33 heavy (non-hydrogen) atoms. The fourth-order valence-corrected chi connectivity index (χ4v) is 3.96. The van der Waals surface area contributed by atoms with E-state index >= 15 is 0 Å². The second-order valence-corrected chi connectivity index (χ2v) is 7.75. The Balaban J connectivity index is 1.56. The summed E-state index contributed by atoms with van der Waals surface area (Å²) in [5.74, 6) is -0.317. The first-order chi connectivity index (χ1) is 15.8. The summed E-state index contributed by atoms with van der Waals surface area (Å²) in [6, 6.07) is 19.5. The van der Waals surface area contributed by atoms with Crippen LogP contribution >= 0.6 is 0 Å². The van der Waals surface area contributed by atoms with E-state index in [4.69, 9.17) is 0 Å². The molecule has 0 spiro atoms. The molecule has 0 aliphatic carbocycles. The SMILES string of the molecule is O=C(Nc1ccccc1C(F)(F)F)N[C@@H](Cc1ccccc1)C(=O)N1CCc2ccccc21. The van der Waals surface area contributed by atoms with Crippen molar-refractivity contribution in [3.63, 3.8) is 0 Å². The van der Waals surface area contributed by atoms with Crippen LogP contribution in [-0.4, -0.2) is 24.5 Å². The highest BCUT2D eigenvalue weighted by atomic mass is 19.4. The van der Waals surface area contributed by atoms with Gasteiger partial charge in [0.1, 0.15) is 6.04 Å². The number of halogens is 3. The lowest BCUT2D eigenvalue weighted by molar-refractivity contribution is -0.137. The van der Waals surface area contributed by atoms with E-state index < -0.39 is 23.8 Å². The first-order valence-electron chi connectivity index (χ1n) is 10.5. The summed E-state index contributed by atoms with van der Waals surface area (Å²) in [6.45, 7) is 0.476. The Labute approximate surface area is 189 Å². The van der Waals surface area contributed by atoms with E-state index in [0.29, 0.717) is 13.0 Å². The first kappa shape index (κ1) is 22.4. The van der Waals surface area contributed by atoms with E-state index in [1.54, 1.807) is 4.90 Å².